The average molecular weight is 278 g/mol. The van der Waals surface area contributed by atoms with Gasteiger partial charge in [-0.3, -0.25) is 0 Å². The van der Waals surface area contributed by atoms with Crippen LogP contribution in [-0.2, 0) is 0 Å². The topological polar surface area (TPSA) is 45.0 Å². The normalized spacial score (nSPS) is 10.7. The second-order valence-corrected chi connectivity index (χ2v) is 3.86. The van der Waals surface area contributed by atoms with Crippen LogP contribution in [0.1, 0.15) is 5.56 Å². The first kappa shape index (κ1) is 13.7. The van der Waals surface area contributed by atoms with Crippen molar-refractivity contribution in [2.45, 2.75) is 6.36 Å². The Balaban J connectivity index is 2.34. The standard InChI is InChI=1S/C14H9F3N2O/c15-14(16,17)20-13-8-10(9-18)6-7-12(13)19-11-4-2-1-3-5-11/h1-8,19H. The molecule has 0 aliphatic carbocycles. The molecule has 0 saturated heterocycles. The number of nitrogens with one attached hydrogen (secondary N) is 1. The number of halogens is 3. The van der Waals surface area contributed by atoms with Crippen molar-refractivity contribution in [2.75, 3.05) is 5.32 Å². The fraction of sp³-hybridized carbons (Fsp3) is 0.0714. The second-order valence-electron chi connectivity index (χ2n) is 3.86. The van der Waals surface area contributed by atoms with E-state index in [1.807, 2.05) is 0 Å². The van der Waals surface area contributed by atoms with Gasteiger partial charge < -0.3 is 10.1 Å². The molecule has 0 aliphatic rings. The number of alkyl halides is 3. The number of benzene rings is 2. The van der Waals surface area contributed by atoms with Gasteiger partial charge >= 0.3 is 6.36 Å². The lowest BCUT2D eigenvalue weighted by Crippen LogP contribution is -2.18. The van der Waals surface area contributed by atoms with Gasteiger partial charge in [0.2, 0.25) is 0 Å². The van der Waals surface area contributed by atoms with Gasteiger partial charge in [-0.2, -0.15) is 5.26 Å². The predicted octanol–water partition coefficient (Wildman–Crippen LogP) is 4.20. The Morgan fingerprint density at radius 2 is 1.75 bits per heavy atom. The Hall–Kier alpha value is -2.68. The molecule has 0 radical (unpaired) electrons. The van der Waals surface area contributed by atoms with Crippen molar-refractivity contribution >= 4 is 11.4 Å². The fourth-order valence-electron chi connectivity index (χ4n) is 1.58. The van der Waals surface area contributed by atoms with E-state index in [0.29, 0.717) is 5.69 Å². The van der Waals surface area contributed by atoms with Crippen molar-refractivity contribution < 1.29 is 17.9 Å². The fourth-order valence-corrected chi connectivity index (χ4v) is 1.58. The zero-order valence-electron chi connectivity index (χ0n) is 10.1. The lowest BCUT2D eigenvalue weighted by atomic mass is 10.2. The number of rotatable bonds is 3. The summed E-state index contributed by atoms with van der Waals surface area (Å²) in [5.74, 6) is -0.444. The van der Waals surface area contributed by atoms with E-state index in [1.165, 1.54) is 12.1 Å². The van der Waals surface area contributed by atoms with E-state index >= 15 is 0 Å². The van der Waals surface area contributed by atoms with Gasteiger partial charge in [0, 0.05) is 11.8 Å². The molecule has 0 atom stereocenters. The lowest BCUT2D eigenvalue weighted by molar-refractivity contribution is -0.274. The van der Waals surface area contributed by atoms with Gasteiger partial charge in [-0.05, 0) is 24.3 Å². The van der Waals surface area contributed by atoms with Crippen molar-refractivity contribution in [1.29, 1.82) is 5.26 Å². The molecular formula is C14H9F3N2O. The summed E-state index contributed by atoms with van der Waals surface area (Å²) in [6.07, 6.45) is -4.82. The molecule has 0 unspecified atom stereocenters. The molecule has 6 heteroatoms. The summed E-state index contributed by atoms with van der Waals surface area (Å²) < 4.78 is 41.0. The van der Waals surface area contributed by atoms with Crippen LogP contribution in [0.2, 0.25) is 0 Å². The maximum atomic E-state index is 12.4. The summed E-state index contributed by atoms with van der Waals surface area (Å²) in [4.78, 5) is 0. The SMILES string of the molecule is N#Cc1ccc(Nc2ccccc2)c(OC(F)(F)F)c1. The highest BCUT2D eigenvalue weighted by Crippen LogP contribution is 2.33. The van der Waals surface area contributed by atoms with E-state index < -0.39 is 12.1 Å². The summed E-state index contributed by atoms with van der Waals surface area (Å²) >= 11 is 0. The predicted molar refractivity (Wildman–Crippen MR) is 67.6 cm³/mol. The molecule has 2 aromatic rings. The van der Waals surface area contributed by atoms with E-state index in [9.17, 15) is 13.2 Å². The molecule has 2 aromatic carbocycles. The zero-order valence-corrected chi connectivity index (χ0v) is 10.1. The van der Waals surface area contributed by atoms with Crippen LogP contribution in [0.4, 0.5) is 24.5 Å². The number of anilines is 2. The number of ether oxygens (including phenoxy) is 1. The molecule has 20 heavy (non-hydrogen) atoms. The van der Waals surface area contributed by atoms with Crippen LogP contribution in [0.5, 0.6) is 5.75 Å². The first-order valence-electron chi connectivity index (χ1n) is 5.60. The van der Waals surface area contributed by atoms with E-state index in [2.05, 4.69) is 10.1 Å². The van der Waals surface area contributed by atoms with Gasteiger partial charge in [-0.15, -0.1) is 13.2 Å². The quantitative estimate of drug-likeness (QED) is 0.915. The summed E-state index contributed by atoms with van der Waals surface area (Å²) in [6.45, 7) is 0. The summed E-state index contributed by atoms with van der Waals surface area (Å²) in [5, 5.41) is 11.5. The third-order valence-electron chi connectivity index (χ3n) is 2.39. The van der Waals surface area contributed by atoms with Crippen LogP contribution in [0.15, 0.2) is 48.5 Å². The van der Waals surface area contributed by atoms with Gasteiger partial charge in [0.15, 0.2) is 5.75 Å². The van der Waals surface area contributed by atoms with Crippen molar-refractivity contribution in [3.63, 3.8) is 0 Å². The Morgan fingerprint density at radius 1 is 1.05 bits per heavy atom. The second kappa shape index (κ2) is 5.53. The molecule has 0 amide bonds. The van der Waals surface area contributed by atoms with Crippen LogP contribution in [0.25, 0.3) is 0 Å². The summed E-state index contributed by atoms with van der Waals surface area (Å²) in [5.41, 5.74) is 0.833. The van der Waals surface area contributed by atoms with Gasteiger partial charge in [-0.1, -0.05) is 18.2 Å². The maximum Gasteiger partial charge on any atom is 0.573 e. The molecule has 1 N–H and O–H groups in total. The highest BCUT2D eigenvalue weighted by molar-refractivity contribution is 5.67. The largest absolute Gasteiger partial charge is 0.573 e. The lowest BCUT2D eigenvalue weighted by Gasteiger charge is -2.15. The van der Waals surface area contributed by atoms with Crippen molar-refractivity contribution in [3.8, 4) is 11.8 Å². The van der Waals surface area contributed by atoms with E-state index in [4.69, 9.17) is 5.26 Å². The molecule has 102 valence electrons. The Bertz CT molecular complexity index is 633. The minimum Gasteiger partial charge on any atom is -0.404 e. The van der Waals surface area contributed by atoms with Crippen LogP contribution >= 0.6 is 0 Å². The monoisotopic (exact) mass is 278 g/mol. The Kier molecular flexibility index (Phi) is 3.80. The molecule has 0 aliphatic heterocycles. The van der Waals surface area contributed by atoms with Crippen LogP contribution in [0, 0.1) is 11.3 Å². The van der Waals surface area contributed by atoms with Crippen LogP contribution < -0.4 is 10.1 Å². The van der Waals surface area contributed by atoms with Gasteiger partial charge in [0.25, 0.3) is 0 Å². The van der Waals surface area contributed by atoms with Crippen molar-refractivity contribution in [3.05, 3.63) is 54.1 Å². The molecule has 2 rings (SSSR count). The first-order chi connectivity index (χ1) is 9.48. The first-order valence-corrected chi connectivity index (χ1v) is 5.60. The summed E-state index contributed by atoms with van der Waals surface area (Å²) in [7, 11) is 0. The third-order valence-corrected chi connectivity index (χ3v) is 2.39. The van der Waals surface area contributed by atoms with Crippen LogP contribution in [0.3, 0.4) is 0 Å². The van der Waals surface area contributed by atoms with Gasteiger partial charge in [0.1, 0.15) is 0 Å². The minimum atomic E-state index is -4.82. The van der Waals surface area contributed by atoms with Crippen molar-refractivity contribution in [2.24, 2.45) is 0 Å². The van der Waals surface area contributed by atoms with E-state index in [-0.39, 0.29) is 11.3 Å². The molecular weight excluding hydrogens is 269 g/mol. The number of hydrogen-bond acceptors (Lipinski definition) is 3. The highest BCUT2D eigenvalue weighted by atomic mass is 19.4. The van der Waals surface area contributed by atoms with Gasteiger partial charge in [-0.25, -0.2) is 0 Å². The van der Waals surface area contributed by atoms with E-state index in [1.54, 1.807) is 36.4 Å². The zero-order chi connectivity index (χ0) is 14.6. The molecule has 0 fully saturated rings. The Labute approximate surface area is 113 Å². The molecule has 3 nitrogen and oxygen atoms in total. The highest BCUT2D eigenvalue weighted by Gasteiger charge is 2.32. The molecule has 0 spiro atoms. The minimum absolute atomic E-state index is 0.0860. The summed E-state index contributed by atoms with van der Waals surface area (Å²) in [6, 6.07) is 14.3. The number of nitriles is 1. The van der Waals surface area contributed by atoms with Crippen molar-refractivity contribution in [1.82, 2.24) is 0 Å². The molecule has 0 bridgehead atoms. The van der Waals surface area contributed by atoms with E-state index in [0.717, 1.165) is 6.07 Å². The smallest absolute Gasteiger partial charge is 0.404 e. The third kappa shape index (κ3) is 3.65. The molecule has 0 saturated carbocycles. The maximum absolute atomic E-state index is 12.4. The van der Waals surface area contributed by atoms with Gasteiger partial charge in [0.05, 0.1) is 17.3 Å². The average Bonchev–Trinajstić information content (AvgIpc) is 2.40. The molecule has 0 aromatic heterocycles. The number of nitrogens with zero attached hydrogens (tertiary/aromatic N) is 1. The number of hydrogen-bond donors (Lipinski definition) is 1. The Morgan fingerprint density at radius 3 is 2.35 bits per heavy atom. The molecule has 0 heterocycles. The van der Waals surface area contributed by atoms with Crippen LogP contribution in [-0.4, -0.2) is 6.36 Å². The number of para-hydroxylation sites is 1.